The summed E-state index contributed by atoms with van der Waals surface area (Å²) in [5.74, 6) is -0.178. The summed E-state index contributed by atoms with van der Waals surface area (Å²) in [7, 11) is 0. The van der Waals surface area contributed by atoms with Gasteiger partial charge in [-0.3, -0.25) is 10.1 Å². The average Bonchev–Trinajstić information content (AvgIpc) is 3.29. The number of carbonyl (C=O) groups is 2. The first-order chi connectivity index (χ1) is 17.0. The van der Waals surface area contributed by atoms with Crippen molar-refractivity contribution < 1.29 is 9.59 Å². The third kappa shape index (κ3) is 5.70. The Balaban J connectivity index is 1.19. The number of thiazole rings is 1. The summed E-state index contributed by atoms with van der Waals surface area (Å²) in [6.07, 6.45) is 0.713. The van der Waals surface area contributed by atoms with E-state index < -0.39 is 0 Å². The van der Waals surface area contributed by atoms with Crippen LogP contribution in [-0.2, 0) is 6.42 Å². The van der Waals surface area contributed by atoms with Gasteiger partial charge < -0.3 is 15.5 Å². The van der Waals surface area contributed by atoms with Crippen LogP contribution in [0.1, 0.15) is 21.5 Å². The molecular weight excluding hydrogens is 526 g/mol. The lowest BCUT2D eigenvalue weighted by Gasteiger charge is -2.27. The smallest absolute Gasteiger partial charge is 0.321 e. The van der Waals surface area contributed by atoms with E-state index in [4.69, 9.17) is 0 Å². The Morgan fingerprint density at radius 1 is 0.971 bits per heavy atom. The van der Waals surface area contributed by atoms with Crippen LogP contribution in [0.25, 0.3) is 10.2 Å². The fraction of sp³-hybridized carbons (Fsp3) is 0.192. The first-order valence-corrected chi connectivity index (χ1v) is 13.0. The van der Waals surface area contributed by atoms with Crippen LogP contribution in [0.2, 0.25) is 0 Å². The highest BCUT2D eigenvalue weighted by molar-refractivity contribution is 9.10. The van der Waals surface area contributed by atoms with Crippen molar-refractivity contribution in [1.29, 1.82) is 0 Å². The zero-order valence-corrected chi connectivity index (χ0v) is 21.3. The molecular formula is C26H24BrN5O2S. The molecule has 5 rings (SSSR count). The summed E-state index contributed by atoms with van der Waals surface area (Å²) >= 11 is 5.04. The topological polar surface area (TPSA) is 86.4 Å². The van der Waals surface area contributed by atoms with Crippen LogP contribution in [0.15, 0.2) is 71.2 Å². The molecule has 178 valence electrons. The molecule has 0 atom stereocenters. The molecule has 3 amide bonds. The first kappa shape index (κ1) is 23.5. The molecule has 1 aliphatic rings. The number of urea groups is 1. The molecule has 1 aliphatic heterocycles. The second kappa shape index (κ2) is 10.6. The van der Waals surface area contributed by atoms with Crippen LogP contribution in [0.4, 0.5) is 15.6 Å². The molecule has 4 aromatic rings. The van der Waals surface area contributed by atoms with Crippen molar-refractivity contribution in [3.63, 3.8) is 0 Å². The van der Waals surface area contributed by atoms with Crippen molar-refractivity contribution >= 4 is 60.2 Å². The molecule has 0 spiro atoms. The lowest BCUT2D eigenvalue weighted by Crippen LogP contribution is -2.48. The number of rotatable bonds is 5. The zero-order valence-electron chi connectivity index (χ0n) is 18.9. The molecule has 0 unspecified atom stereocenters. The van der Waals surface area contributed by atoms with Crippen molar-refractivity contribution in [2.75, 3.05) is 36.8 Å². The number of amides is 3. The summed E-state index contributed by atoms with van der Waals surface area (Å²) in [4.78, 5) is 31.4. The molecule has 0 saturated carbocycles. The lowest BCUT2D eigenvalue weighted by molar-refractivity contribution is 0.102. The van der Waals surface area contributed by atoms with Crippen LogP contribution in [-0.4, -0.2) is 48.0 Å². The van der Waals surface area contributed by atoms with Crippen LogP contribution >= 0.6 is 27.3 Å². The number of halogens is 1. The molecule has 3 aromatic carbocycles. The molecule has 1 saturated heterocycles. The van der Waals surface area contributed by atoms with E-state index in [1.54, 1.807) is 0 Å². The minimum absolute atomic E-state index is 0.0836. The van der Waals surface area contributed by atoms with Gasteiger partial charge in [-0.15, -0.1) is 0 Å². The Morgan fingerprint density at radius 3 is 2.46 bits per heavy atom. The standard InChI is InChI=1S/C26H24BrN5O2S/c27-20-16-18(7-10-21(20)30-26(34)32-13-11-28-12-14-32)15-17-5-8-19(9-6-17)24(33)31-25-29-22-3-1-2-4-23(22)35-25/h1-10,16,28H,11-15H2,(H,30,34)(H,29,31,33). The van der Waals surface area contributed by atoms with Gasteiger partial charge in [0.2, 0.25) is 0 Å². The Hall–Kier alpha value is -3.27. The van der Waals surface area contributed by atoms with Gasteiger partial charge in [0.1, 0.15) is 0 Å². The van der Waals surface area contributed by atoms with Crippen LogP contribution < -0.4 is 16.0 Å². The van der Waals surface area contributed by atoms with Crippen molar-refractivity contribution in [2.24, 2.45) is 0 Å². The average molecular weight is 550 g/mol. The van der Waals surface area contributed by atoms with E-state index in [-0.39, 0.29) is 11.9 Å². The molecule has 0 radical (unpaired) electrons. The minimum atomic E-state index is -0.178. The number of hydrogen-bond donors (Lipinski definition) is 3. The highest BCUT2D eigenvalue weighted by atomic mass is 79.9. The lowest BCUT2D eigenvalue weighted by atomic mass is 10.0. The van der Waals surface area contributed by atoms with E-state index in [1.165, 1.54) is 11.3 Å². The minimum Gasteiger partial charge on any atom is -0.322 e. The van der Waals surface area contributed by atoms with Crippen molar-refractivity contribution in [3.8, 4) is 0 Å². The van der Waals surface area contributed by atoms with E-state index in [0.717, 1.165) is 44.6 Å². The number of anilines is 2. The van der Waals surface area contributed by atoms with Crippen molar-refractivity contribution in [1.82, 2.24) is 15.2 Å². The van der Waals surface area contributed by atoms with Gasteiger partial charge in [-0.05, 0) is 69.9 Å². The second-order valence-electron chi connectivity index (χ2n) is 8.30. The van der Waals surface area contributed by atoms with Crippen molar-refractivity contribution in [2.45, 2.75) is 6.42 Å². The molecule has 9 heteroatoms. The third-order valence-electron chi connectivity index (χ3n) is 5.82. The fourth-order valence-electron chi connectivity index (χ4n) is 3.94. The third-order valence-corrected chi connectivity index (χ3v) is 7.43. The van der Waals surface area contributed by atoms with Crippen LogP contribution in [0.5, 0.6) is 0 Å². The monoisotopic (exact) mass is 549 g/mol. The molecule has 1 fully saturated rings. The highest BCUT2D eigenvalue weighted by Crippen LogP contribution is 2.27. The Bertz CT molecular complexity index is 1330. The summed E-state index contributed by atoms with van der Waals surface area (Å²) < 4.78 is 1.88. The van der Waals surface area contributed by atoms with Gasteiger partial charge in [0.25, 0.3) is 5.91 Å². The molecule has 1 aromatic heterocycles. The second-order valence-corrected chi connectivity index (χ2v) is 10.2. The Labute approximate surface area is 215 Å². The normalized spacial score (nSPS) is 13.6. The quantitative estimate of drug-likeness (QED) is 0.313. The molecule has 2 heterocycles. The Kier molecular flexibility index (Phi) is 7.08. The van der Waals surface area contributed by atoms with E-state index in [2.05, 4.69) is 36.9 Å². The first-order valence-electron chi connectivity index (χ1n) is 11.4. The Morgan fingerprint density at radius 2 is 1.71 bits per heavy atom. The van der Waals surface area contributed by atoms with Gasteiger partial charge >= 0.3 is 6.03 Å². The molecule has 35 heavy (non-hydrogen) atoms. The number of benzene rings is 3. The van der Waals surface area contributed by atoms with E-state index >= 15 is 0 Å². The van der Waals surface area contributed by atoms with Crippen molar-refractivity contribution in [3.05, 3.63) is 87.9 Å². The summed E-state index contributed by atoms with van der Waals surface area (Å²) in [6, 6.07) is 21.2. The van der Waals surface area contributed by atoms with Gasteiger partial charge in [0.15, 0.2) is 5.13 Å². The van der Waals surface area contributed by atoms with E-state index in [0.29, 0.717) is 30.2 Å². The van der Waals surface area contributed by atoms with Gasteiger partial charge in [-0.2, -0.15) is 0 Å². The van der Waals surface area contributed by atoms with Gasteiger partial charge in [-0.1, -0.05) is 41.7 Å². The number of fused-ring (bicyclic) bond motifs is 1. The number of piperazine rings is 1. The maximum Gasteiger partial charge on any atom is 0.321 e. The predicted molar refractivity (Wildman–Crippen MR) is 144 cm³/mol. The fourth-order valence-corrected chi connectivity index (χ4v) is 5.32. The molecule has 7 nitrogen and oxygen atoms in total. The van der Waals surface area contributed by atoms with Gasteiger partial charge in [0, 0.05) is 36.2 Å². The number of nitrogens with zero attached hydrogens (tertiary/aromatic N) is 2. The molecule has 3 N–H and O–H groups in total. The summed E-state index contributed by atoms with van der Waals surface area (Å²) in [6.45, 7) is 3.04. The predicted octanol–water partition coefficient (Wildman–Crippen LogP) is 5.34. The summed E-state index contributed by atoms with van der Waals surface area (Å²) in [5, 5.41) is 9.71. The van der Waals surface area contributed by atoms with Crippen LogP contribution in [0, 0.1) is 0 Å². The van der Waals surface area contributed by atoms with Gasteiger partial charge in [0.05, 0.1) is 15.9 Å². The molecule has 0 aliphatic carbocycles. The SMILES string of the molecule is O=C(Nc1nc2ccccc2s1)c1ccc(Cc2ccc(NC(=O)N3CCNCC3)c(Br)c2)cc1. The molecule has 0 bridgehead atoms. The number of para-hydroxylation sites is 1. The van der Waals surface area contributed by atoms with Crippen LogP contribution in [0.3, 0.4) is 0 Å². The number of aromatic nitrogens is 1. The highest BCUT2D eigenvalue weighted by Gasteiger charge is 2.17. The largest absolute Gasteiger partial charge is 0.322 e. The number of carbonyl (C=O) groups excluding carboxylic acids is 2. The maximum absolute atomic E-state index is 12.7. The van der Waals surface area contributed by atoms with E-state index in [1.807, 2.05) is 71.6 Å². The zero-order chi connectivity index (χ0) is 24.2. The number of nitrogens with one attached hydrogen (secondary N) is 3. The van der Waals surface area contributed by atoms with E-state index in [9.17, 15) is 9.59 Å². The summed E-state index contributed by atoms with van der Waals surface area (Å²) in [5.41, 5.74) is 4.40. The van der Waals surface area contributed by atoms with Gasteiger partial charge in [-0.25, -0.2) is 9.78 Å². The number of hydrogen-bond acceptors (Lipinski definition) is 5. The maximum atomic E-state index is 12.7.